The van der Waals surface area contributed by atoms with Gasteiger partial charge in [0.2, 0.25) is 5.90 Å². The van der Waals surface area contributed by atoms with Crippen LogP contribution in [0.5, 0.6) is 0 Å². The summed E-state index contributed by atoms with van der Waals surface area (Å²) in [6.07, 6.45) is -3.62. The van der Waals surface area contributed by atoms with E-state index in [-0.39, 0.29) is 17.3 Å². The molecule has 3 rings (SSSR count). The number of rotatable bonds is 3. The molecule has 1 aliphatic heterocycles. The first-order chi connectivity index (χ1) is 12.3. The normalized spacial score (nSPS) is 15.6. The number of nitrogens with zero attached hydrogens (tertiary/aromatic N) is 1. The second-order valence-corrected chi connectivity index (χ2v) is 5.28. The number of hydrogen-bond acceptors (Lipinski definition) is 4. The van der Waals surface area contributed by atoms with Gasteiger partial charge in [-0.05, 0) is 35.9 Å². The first-order valence-electron chi connectivity index (χ1n) is 7.39. The Morgan fingerprint density at radius 1 is 1.08 bits per heavy atom. The number of alkyl halides is 3. The molecule has 0 aromatic heterocycles. The van der Waals surface area contributed by atoms with Gasteiger partial charge in [-0.25, -0.2) is 9.79 Å². The molecule has 0 unspecified atom stereocenters. The largest absolute Gasteiger partial charge is 0.471 e. The van der Waals surface area contributed by atoms with Gasteiger partial charge in [-0.1, -0.05) is 30.3 Å². The number of benzene rings is 2. The quantitative estimate of drug-likeness (QED) is 0.673. The molecule has 132 valence electrons. The van der Waals surface area contributed by atoms with Crippen LogP contribution >= 0.6 is 0 Å². The Kier molecular flexibility index (Phi) is 4.57. The van der Waals surface area contributed by atoms with Gasteiger partial charge in [0.15, 0.2) is 5.70 Å². The van der Waals surface area contributed by atoms with Gasteiger partial charge in [0.25, 0.3) is 0 Å². The van der Waals surface area contributed by atoms with Gasteiger partial charge in [-0.3, -0.25) is 4.79 Å². The molecule has 0 spiro atoms. The molecule has 1 aliphatic rings. The zero-order valence-corrected chi connectivity index (χ0v) is 13.1. The van der Waals surface area contributed by atoms with Crippen LogP contribution in [0, 0.1) is 0 Å². The number of anilines is 1. The maximum Gasteiger partial charge on any atom is 0.471 e. The molecule has 2 aromatic rings. The molecule has 0 saturated heterocycles. The van der Waals surface area contributed by atoms with E-state index in [1.54, 1.807) is 41.7 Å². The van der Waals surface area contributed by atoms with Crippen LogP contribution in [-0.4, -0.2) is 24.0 Å². The van der Waals surface area contributed by atoms with Crippen LogP contribution in [0.25, 0.3) is 6.08 Å². The molecule has 1 amide bonds. The van der Waals surface area contributed by atoms with Gasteiger partial charge in [0.05, 0.1) is 0 Å². The van der Waals surface area contributed by atoms with E-state index in [0.717, 1.165) is 0 Å². The number of nitrogens with one attached hydrogen (secondary N) is 1. The number of carbonyl (C=O) groups is 2. The van der Waals surface area contributed by atoms with Crippen molar-refractivity contribution < 1.29 is 27.5 Å². The number of esters is 1. The third-order valence-corrected chi connectivity index (χ3v) is 3.35. The van der Waals surface area contributed by atoms with Crippen molar-refractivity contribution in [2.75, 3.05) is 5.32 Å². The average molecular weight is 360 g/mol. The van der Waals surface area contributed by atoms with Gasteiger partial charge in [0, 0.05) is 11.3 Å². The van der Waals surface area contributed by atoms with Gasteiger partial charge in [-0.15, -0.1) is 0 Å². The highest BCUT2D eigenvalue weighted by Crippen LogP contribution is 2.22. The number of halogens is 3. The first kappa shape index (κ1) is 17.4. The summed E-state index contributed by atoms with van der Waals surface area (Å²) in [5.74, 6) is -2.61. The molecular weight excluding hydrogens is 349 g/mol. The van der Waals surface area contributed by atoms with Gasteiger partial charge < -0.3 is 10.1 Å². The van der Waals surface area contributed by atoms with Crippen molar-refractivity contribution in [3.8, 4) is 0 Å². The molecule has 1 N–H and O–H groups in total. The summed E-state index contributed by atoms with van der Waals surface area (Å²) in [5, 5.41) is 1.75. The highest BCUT2D eigenvalue weighted by Gasteiger charge is 2.38. The number of cyclic esters (lactones) is 1. The van der Waals surface area contributed by atoms with E-state index in [1.165, 1.54) is 24.3 Å². The number of aliphatic imine (C=N–C) groups is 1. The van der Waals surface area contributed by atoms with Gasteiger partial charge >= 0.3 is 18.1 Å². The van der Waals surface area contributed by atoms with E-state index in [2.05, 4.69) is 4.99 Å². The van der Waals surface area contributed by atoms with E-state index in [9.17, 15) is 22.8 Å². The van der Waals surface area contributed by atoms with E-state index in [0.29, 0.717) is 11.1 Å². The van der Waals surface area contributed by atoms with E-state index >= 15 is 0 Å². The minimum Gasteiger partial charge on any atom is -0.402 e. The highest BCUT2D eigenvalue weighted by molar-refractivity contribution is 6.12. The minimum atomic E-state index is -4.99. The zero-order valence-electron chi connectivity index (χ0n) is 13.1. The lowest BCUT2D eigenvalue weighted by molar-refractivity contribution is -0.167. The second kappa shape index (κ2) is 6.83. The Morgan fingerprint density at radius 2 is 1.81 bits per heavy atom. The number of carbonyl (C=O) groups excluding carboxylic acids is 2. The average Bonchev–Trinajstić information content (AvgIpc) is 2.96. The lowest BCUT2D eigenvalue weighted by atomic mass is 10.1. The summed E-state index contributed by atoms with van der Waals surface area (Å²) < 4.78 is 42.0. The third kappa shape index (κ3) is 3.97. The Morgan fingerprint density at radius 3 is 2.50 bits per heavy atom. The van der Waals surface area contributed by atoms with Gasteiger partial charge in [0.1, 0.15) is 0 Å². The summed E-state index contributed by atoms with van der Waals surface area (Å²) in [5.41, 5.74) is 0.953. The second-order valence-electron chi connectivity index (χ2n) is 5.28. The molecule has 0 atom stereocenters. The molecule has 8 heteroatoms. The standard InChI is InChI=1S/C18H11F3N2O3/c19-18(20,21)17(25)22-13-8-4-5-11(9-13)10-14-16(24)26-15(23-14)12-6-2-1-3-7-12/h1-10H,(H,22,25)/b14-10-. The monoisotopic (exact) mass is 360 g/mol. The van der Waals surface area contributed by atoms with Crippen LogP contribution in [0.15, 0.2) is 65.3 Å². The molecule has 0 radical (unpaired) electrons. The zero-order chi connectivity index (χ0) is 18.7. The molecule has 5 nitrogen and oxygen atoms in total. The summed E-state index contributed by atoms with van der Waals surface area (Å²) in [4.78, 5) is 27.0. The molecular formula is C18H11F3N2O3. The fourth-order valence-corrected chi connectivity index (χ4v) is 2.18. The van der Waals surface area contributed by atoms with Crippen LogP contribution in [0.2, 0.25) is 0 Å². The Labute approximate surface area is 145 Å². The summed E-state index contributed by atoms with van der Waals surface area (Å²) in [7, 11) is 0. The Hall–Kier alpha value is -3.42. The number of ether oxygens (including phenoxy) is 1. The van der Waals surface area contributed by atoms with Crippen molar-refractivity contribution in [3.05, 3.63) is 71.4 Å². The van der Waals surface area contributed by atoms with E-state index in [1.807, 2.05) is 0 Å². The lowest BCUT2D eigenvalue weighted by Crippen LogP contribution is -2.29. The molecule has 0 bridgehead atoms. The smallest absolute Gasteiger partial charge is 0.402 e. The lowest BCUT2D eigenvalue weighted by Gasteiger charge is -2.08. The number of hydrogen-bond donors (Lipinski definition) is 1. The molecule has 0 saturated carbocycles. The molecule has 0 fully saturated rings. The van der Waals surface area contributed by atoms with Crippen LogP contribution < -0.4 is 5.32 Å². The van der Waals surface area contributed by atoms with E-state index < -0.39 is 18.1 Å². The SMILES string of the molecule is O=C1OC(c2ccccc2)=N/C1=C\c1cccc(NC(=O)C(F)(F)F)c1. The molecule has 0 aliphatic carbocycles. The molecule has 1 heterocycles. The number of amides is 1. The van der Waals surface area contributed by atoms with Crippen molar-refractivity contribution in [2.45, 2.75) is 6.18 Å². The van der Waals surface area contributed by atoms with Crippen molar-refractivity contribution >= 4 is 29.5 Å². The summed E-state index contributed by atoms with van der Waals surface area (Å²) in [6, 6.07) is 14.4. The highest BCUT2D eigenvalue weighted by atomic mass is 19.4. The molecule has 26 heavy (non-hydrogen) atoms. The van der Waals surface area contributed by atoms with E-state index in [4.69, 9.17) is 4.74 Å². The van der Waals surface area contributed by atoms with Crippen molar-refractivity contribution in [3.63, 3.8) is 0 Å². The van der Waals surface area contributed by atoms with Crippen molar-refractivity contribution in [1.82, 2.24) is 0 Å². The Balaban J connectivity index is 1.84. The van der Waals surface area contributed by atoms with Crippen LogP contribution in [0.3, 0.4) is 0 Å². The van der Waals surface area contributed by atoms with Crippen molar-refractivity contribution in [1.29, 1.82) is 0 Å². The summed E-state index contributed by atoms with van der Waals surface area (Å²) >= 11 is 0. The summed E-state index contributed by atoms with van der Waals surface area (Å²) in [6.45, 7) is 0. The van der Waals surface area contributed by atoms with Crippen LogP contribution in [0.4, 0.5) is 18.9 Å². The molecule has 2 aromatic carbocycles. The van der Waals surface area contributed by atoms with Crippen molar-refractivity contribution in [2.24, 2.45) is 4.99 Å². The Bertz CT molecular complexity index is 919. The third-order valence-electron chi connectivity index (χ3n) is 3.35. The predicted octanol–water partition coefficient (Wildman–Crippen LogP) is 3.53. The predicted molar refractivity (Wildman–Crippen MR) is 88.2 cm³/mol. The maximum atomic E-state index is 12.3. The fraction of sp³-hybridized carbons (Fsp3) is 0.0556. The maximum absolute atomic E-state index is 12.3. The topological polar surface area (TPSA) is 67.8 Å². The van der Waals surface area contributed by atoms with Gasteiger partial charge in [-0.2, -0.15) is 13.2 Å². The van der Waals surface area contributed by atoms with Crippen LogP contribution in [0.1, 0.15) is 11.1 Å². The van der Waals surface area contributed by atoms with Crippen LogP contribution in [-0.2, 0) is 14.3 Å². The fourth-order valence-electron chi connectivity index (χ4n) is 2.18. The first-order valence-corrected chi connectivity index (χ1v) is 7.39. The minimum absolute atomic E-state index is 0.00292.